The number of nitrogens with zero attached hydrogens (tertiary/aromatic N) is 1. The van der Waals surface area contributed by atoms with Gasteiger partial charge in [0.25, 0.3) is 5.91 Å². The molecule has 1 fully saturated rings. The number of aromatic nitrogens is 1. The lowest BCUT2D eigenvalue weighted by molar-refractivity contribution is -0.114. The van der Waals surface area contributed by atoms with Gasteiger partial charge in [0.1, 0.15) is 5.82 Å². The van der Waals surface area contributed by atoms with E-state index in [1.54, 1.807) is 11.0 Å². The van der Waals surface area contributed by atoms with Gasteiger partial charge in [-0.1, -0.05) is 0 Å². The molecule has 2 N–H and O–H groups in total. The van der Waals surface area contributed by atoms with Gasteiger partial charge in [0, 0.05) is 25.7 Å². The maximum atomic E-state index is 12.3. The number of aromatic amines is 1. The molecule has 1 aliphatic rings. The highest BCUT2D eigenvalue weighted by Gasteiger charge is 2.22. The molecule has 1 saturated heterocycles. The fourth-order valence-electron chi connectivity index (χ4n) is 1.97. The normalized spacial score (nSPS) is 15.6. The van der Waals surface area contributed by atoms with Gasteiger partial charge in [0.05, 0.1) is 18.8 Å². The monoisotopic (exact) mass is 251 g/mol. The summed E-state index contributed by atoms with van der Waals surface area (Å²) in [6, 6.07) is 1.75. The molecule has 2 heterocycles. The number of anilines is 1. The number of ether oxygens (including phenoxy) is 1. The number of hydrogen-bond donors (Lipinski definition) is 2. The predicted molar refractivity (Wildman–Crippen MR) is 66.6 cm³/mol. The minimum atomic E-state index is -0.201. The number of H-pyrrole nitrogens is 1. The molecular weight excluding hydrogens is 234 g/mol. The van der Waals surface area contributed by atoms with E-state index in [0.29, 0.717) is 37.7 Å². The van der Waals surface area contributed by atoms with Gasteiger partial charge in [0.15, 0.2) is 0 Å². The Labute approximate surface area is 105 Å². The Balaban J connectivity index is 2.20. The standard InChI is InChI=1S/C12H17N3O3/c1-8-7-10(11(13-8)14-9(2)16)12(17)15-3-5-18-6-4-15/h7,13H,3-6H2,1-2H3,(H,14,16). The van der Waals surface area contributed by atoms with E-state index in [1.165, 1.54) is 6.92 Å². The van der Waals surface area contributed by atoms with Gasteiger partial charge in [-0.15, -0.1) is 0 Å². The largest absolute Gasteiger partial charge is 0.378 e. The van der Waals surface area contributed by atoms with Crippen LogP contribution in [0.25, 0.3) is 0 Å². The summed E-state index contributed by atoms with van der Waals surface area (Å²) in [5.74, 6) is 0.191. The van der Waals surface area contributed by atoms with Crippen molar-refractivity contribution < 1.29 is 14.3 Å². The van der Waals surface area contributed by atoms with Crippen LogP contribution in [-0.2, 0) is 9.53 Å². The molecule has 2 amide bonds. The van der Waals surface area contributed by atoms with Crippen molar-refractivity contribution in [3.05, 3.63) is 17.3 Å². The second kappa shape index (κ2) is 5.22. The summed E-state index contributed by atoms with van der Waals surface area (Å²) >= 11 is 0. The lowest BCUT2D eigenvalue weighted by Crippen LogP contribution is -2.40. The van der Waals surface area contributed by atoms with Crippen LogP contribution in [0, 0.1) is 6.92 Å². The van der Waals surface area contributed by atoms with Crippen LogP contribution in [0.3, 0.4) is 0 Å². The van der Waals surface area contributed by atoms with Crippen molar-refractivity contribution in [2.24, 2.45) is 0 Å². The first-order valence-electron chi connectivity index (χ1n) is 5.92. The van der Waals surface area contributed by atoms with Crippen molar-refractivity contribution in [2.75, 3.05) is 31.6 Å². The smallest absolute Gasteiger partial charge is 0.257 e. The molecule has 1 aromatic heterocycles. The molecule has 0 unspecified atom stereocenters. The van der Waals surface area contributed by atoms with Crippen LogP contribution in [0.15, 0.2) is 6.07 Å². The molecule has 2 rings (SSSR count). The van der Waals surface area contributed by atoms with Crippen LogP contribution in [0.2, 0.25) is 0 Å². The average Bonchev–Trinajstić information content (AvgIpc) is 2.69. The lowest BCUT2D eigenvalue weighted by Gasteiger charge is -2.26. The number of carbonyl (C=O) groups is 2. The van der Waals surface area contributed by atoms with E-state index in [9.17, 15) is 9.59 Å². The third-order valence-corrected chi connectivity index (χ3v) is 2.78. The van der Waals surface area contributed by atoms with E-state index in [0.717, 1.165) is 5.69 Å². The minimum absolute atomic E-state index is 0.0774. The molecule has 6 heteroatoms. The molecule has 0 spiro atoms. The second-order valence-electron chi connectivity index (χ2n) is 4.33. The van der Waals surface area contributed by atoms with Gasteiger partial charge in [-0.05, 0) is 13.0 Å². The van der Waals surface area contributed by atoms with Gasteiger partial charge in [-0.3, -0.25) is 9.59 Å². The molecule has 0 atom stereocenters. The number of rotatable bonds is 2. The van der Waals surface area contributed by atoms with E-state index in [2.05, 4.69) is 10.3 Å². The molecule has 98 valence electrons. The summed E-state index contributed by atoms with van der Waals surface area (Å²) in [7, 11) is 0. The Hall–Kier alpha value is -1.82. The summed E-state index contributed by atoms with van der Waals surface area (Å²) in [5, 5.41) is 2.64. The van der Waals surface area contributed by atoms with E-state index >= 15 is 0 Å². The number of amides is 2. The molecule has 1 aliphatic heterocycles. The molecule has 0 radical (unpaired) electrons. The molecule has 6 nitrogen and oxygen atoms in total. The van der Waals surface area contributed by atoms with Crippen molar-refractivity contribution in [3.8, 4) is 0 Å². The zero-order valence-electron chi connectivity index (χ0n) is 10.6. The van der Waals surface area contributed by atoms with Crippen molar-refractivity contribution >= 4 is 17.6 Å². The molecule has 18 heavy (non-hydrogen) atoms. The maximum Gasteiger partial charge on any atom is 0.257 e. The average molecular weight is 251 g/mol. The van der Waals surface area contributed by atoms with Gasteiger partial charge in [0.2, 0.25) is 5.91 Å². The van der Waals surface area contributed by atoms with Crippen LogP contribution in [0.5, 0.6) is 0 Å². The molecular formula is C12H17N3O3. The van der Waals surface area contributed by atoms with Crippen molar-refractivity contribution in [2.45, 2.75) is 13.8 Å². The highest BCUT2D eigenvalue weighted by molar-refractivity contribution is 6.02. The van der Waals surface area contributed by atoms with Crippen LogP contribution in [0.4, 0.5) is 5.82 Å². The lowest BCUT2D eigenvalue weighted by atomic mass is 10.2. The molecule has 0 aromatic carbocycles. The predicted octanol–water partition coefficient (Wildman–Crippen LogP) is 0.754. The quantitative estimate of drug-likeness (QED) is 0.814. The van der Waals surface area contributed by atoms with E-state index < -0.39 is 0 Å². The number of nitrogens with one attached hydrogen (secondary N) is 2. The van der Waals surface area contributed by atoms with Crippen LogP contribution < -0.4 is 5.32 Å². The van der Waals surface area contributed by atoms with E-state index in [1.807, 2.05) is 6.92 Å². The van der Waals surface area contributed by atoms with Crippen LogP contribution in [0.1, 0.15) is 23.0 Å². The van der Waals surface area contributed by atoms with Gasteiger partial charge < -0.3 is 19.9 Å². The highest BCUT2D eigenvalue weighted by Crippen LogP contribution is 2.19. The molecule has 0 bridgehead atoms. The topological polar surface area (TPSA) is 74.4 Å². The first-order valence-corrected chi connectivity index (χ1v) is 5.92. The van der Waals surface area contributed by atoms with Gasteiger partial charge in [-0.25, -0.2) is 0 Å². The Bertz CT molecular complexity index is 461. The van der Waals surface area contributed by atoms with Gasteiger partial charge >= 0.3 is 0 Å². The Morgan fingerprint density at radius 1 is 1.39 bits per heavy atom. The Morgan fingerprint density at radius 2 is 2.06 bits per heavy atom. The number of aryl methyl sites for hydroxylation is 1. The number of hydrogen-bond acceptors (Lipinski definition) is 3. The first-order chi connectivity index (χ1) is 8.58. The molecule has 1 aromatic rings. The Kier molecular flexibility index (Phi) is 3.66. The first kappa shape index (κ1) is 12.6. The van der Waals surface area contributed by atoms with Crippen LogP contribution in [-0.4, -0.2) is 48.0 Å². The SMILES string of the molecule is CC(=O)Nc1[nH]c(C)cc1C(=O)N1CCOCC1. The zero-order chi connectivity index (χ0) is 13.1. The van der Waals surface area contributed by atoms with Crippen molar-refractivity contribution in [1.29, 1.82) is 0 Å². The number of carbonyl (C=O) groups excluding carboxylic acids is 2. The third kappa shape index (κ3) is 2.70. The summed E-state index contributed by atoms with van der Waals surface area (Å²) in [5.41, 5.74) is 1.35. The van der Waals surface area contributed by atoms with Crippen molar-refractivity contribution in [3.63, 3.8) is 0 Å². The summed E-state index contributed by atoms with van der Waals surface area (Å²) in [4.78, 5) is 28.1. The van der Waals surface area contributed by atoms with Crippen LogP contribution >= 0.6 is 0 Å². The second-order valence-corrected chi connectivity index (χ2v) is 4.33. The summed E-state index contributed by atoms with van der Waals surface area (Å²) < 4.78 is 5.21. The third-order valence-electron chi connectivity index (χ3n) is 2.78. The fourth-order valence-corrected chi connectivity index (χ4v) is 1.97. The van der Waals surface area contributed by atoms with Crippen molar-refractivity contribution in [1.82, 2.24) is 9.88 Å². The fraction of sp³-hybridized carbons (Fsp3) is 0.500. The van der Waals surface area contributed by atoms with Gasteiger partial charge in [-0.2, -0.15) is 0 Å². The minimum Gasteiger partial charge on any atom is -0.378 e. The maximum absolute atomic E-state index is 12.3. The zero-order valence-corrected chi connectivity index (χ0v) is 10.6. The summed E-state index contributed by atoms with van der Waals surface area (Å²) in [6.45, 7) is 5.56. The summed E-state index contributed by atoms with van der Waals surface area (Å²) in [6.07, 6.45) is 0. The molecule has 0 aliphatic carbocycles. The van der Waals surface area contributed by atoms with E-state index in [4.69, 9.17) is 4.74 Å². The number of morpholine rings is 1. The Morgan fingerprint density at radius 3 is 2.67 bits per heavy atom. The molecule has 0 saturated carbocycles. The highest BCUT2D eigenvalue weighted by atomic mass is 16.5. The van der Waals surface area contributed by atoms with E-state index in [-0.39, 0.29) is 11.8 Å².